The maximum atomic E-state index is 2.48. The first-order valence-corrected chi connectivity index (χ1v) is 6.39. The third-order valence-corrected chi connectivity index (χ3v) is 3.19. The minimum atomic E-state index is 0.786. The quantitative estimate of drug-likeness (QED) is 0.574. The molecular weight excluding hydrogens is 170 g/mol. The summed E-state index contributed by atoms with van der Waals surface area (Å²) >= 11 is 0. The summed E-state index contributed by atoms with van der Waals surface area (Å²) in [6.45, 7) is 13.1. The number of rotatable bonds is 0. The lowest BCUT2D eigenvalue weighted by molar-refractivity contribution is 0.0784. The van der Waals surface area contributed by atoms with Crippen LogP contribution in [-0.2, 0) is 0 Å². The lowest BCUT2D eigenvalue weighted by Gasteiger charge is -2.43. The molecule has 0 atom stereocenters. The molecule has 14 heavy (non-hydrogen) atoms. The van der Waals surface area contributed by atoms with E-state index in [-0.39, 0.29) is 0 Å². The molecule has 1 heterocycles. The first kappa shape index (κ1) is 14.0. The average Bonchev–Trinajstić information content (AvgIpc) is 2.54. The molecule has 2 rings (SSSR count). The summed E-state index contributed by atoms with van der Waals surface area (Å²) in [4.78, 5) is 2.48. The standard InChI is InChI=1S/C9H17N.2C2H6/c1-8-5-9(6-8)3-4-10(2)7-9;2*1-2/h8H,3-7H2,1-2H3;2*1-2H3. The molecule has 0 radical (unpaired) electrons. The fraction of sp³-hybridized carbons (Fsp3) is 1.00. The van der Waals surface area contributed by atoms with Crippen molar-refractivity contribution in [1.29, 1.82) is 0 Å². The van der Waals surface area contributed by atoms with E-state index in [0.29, 0.717) is 0 Å². The summed E-state index contributed by atoms with van der Waals surface area (Å²) in [5.41, 5.74) is 0.786. The second-order valence-electron chi connectivity index (χ2n) is 4.50. The van der Waals surface area contributed by atoms with Gasteiger partial charge in [-0.15, -0.1) is 0 Å². The highest BCUT2D eigenvalue weighted by molar-refractivity contribution is 4.97. The maximum absolute atomic E-state index is 2.48. The molecule has 0 bridgehead atoms. The molecule has 1 saturated carbocycles. The number of hydrogen-bond acceptors (Lipinski definition) is 1. The Morgan fingerprint density at radius 3 is 1.86 bits per heavy atom. The van der Waals surface area contributed by atoms with E-state index in [1.807, 2.05) is 27.7 Å². The predicted molar refractivity (Wildman–Crippen MR) is 65.6 cm³/mol. The van der Waals surface area contributed by atoms with Crippen molar-refractivity contribution in [3.63, 3.8) is 0 Å². The zero-order chi connectivity index (χ0) is 11.2. The molecule has 1 saturated heterocycles. The Morgan fingerprint density at radius 1 is 1.07 bits per heavy atom. The van der Waals surface area contributed by atoms with Crippen LogP contribution >= 0.6 is 0 Å². The topological polar surface area (TPSA) is 3.24 Å². The van der Waals surface area contributed by atoms with E-state index in [1.54, 1.807) is 0 Å². The summed E-state index contributed by atoms with van der Waals surface area (Å²) in [5, 5.41) is 0. The second kappa shape index (κ2) is 6.44. The molecule has 0 amide bonds. The lowest BCUT2D eigenvalue weighted by atomic mass is 9.62. The third-order valence-electron chi connectivity index (χ3n) is 3.19. The van der Waals surface area contributed by atoms with Crippen molar-refractivity contribution in [2.24, 2.45) is 11.3 Å². The van der Waals surface area contributed by atoms with E-state index in [0.717, 1.165) is 11.3 Å². The van der Waals surface area contributed by atoms with Gasteiger partial charge in [-0.1, -0.05) is 34.6 Å². The lowest BCUT2D eigenvalue weighted by Crippen LogP contribution is -2.37. The van der Waals surface area contributed by atoms with Crippen LogP contribution in [0, 0.1) is 11.3 Å². The van der Waals surface area contributed by atoms with Crippen LogP contribution in [0.4, 0.5) is 0 Å². The Hall–Kier alpha value is -0.0400. The van der Waals surface area contributed by atoms with Crippen LogP contribution in [0.25, 0.3) is 0 Å². The summed E-state index contributed by atoms with van der Waals surface area (Å²) < 4.78 is 0. The van der Waals surface area contributed by atoms with Crippen LogP contribution in [-0.4, -0.2) is 25.0 Å². The van der Waals surface area contributed by atoms with Gasteiger partial charge in [0.1, 0.15) is 0 Å². The molecule has 0 aromatic rings. The van der Waals surface area contributed by atoms with Gasteiger partial charge in [-0.2, -0.15) is 0 Å². The van der Waals surface area contributed by atoms with Crippen LogP contribution in [0.3, 0.4) is 0 Å². The minimum Gasteiger partial charge on any atom is -0.306 e. The van der Waals surface area contributed by atoms with Gasteiger partial charge < -0.3 is 4.90 Å². The molecule has 86 valence electrons. The van der Waals surface area contributed by atoms with Gasteiger partial charge >= 0.3 is 0 Å². The first-order valence-electron chi connectivity index (χ1n) is 6.39. The van der Waals surface area contributed by atoms with Gasteiger partial charge in [-0.05, 0) is 44.2 Å². The molecule has 0 N–H and O–H groups in total. The summed E-state index contributed by atoms with van der Waals surface area (Å²) in [6, 6.07) is 0. The minimum absolute atomic E-state index is 0.786. The van der Waals surface area contributed by atoms with Gasteiger partial charge in [0.15, 0.2) is 0 Å². The van der Waals surface area contributed by atoms with Crippen molar-refractivity contribution in [2.45, 2.75) is 53.9 Å². The monoisotopic (exact) mass is 199 g/mol. The highest BCUT2D eigenvalue weighted by Crippen LogP contribution is 2.50. The van der Waals surface area contributed by atoms with Crippen molar-refractivity contribution in [3.8, 4) is 0 Å². The normalized spacial score (nSPS) is 35.1. The van der Waals surface area contributed by atoms with Gasteiger partial charge in [0.25, 0.3) is 0 Å². The van der Waals surface area contributed by atoms with Gasteiger partial charge in [0.2, 0.25) is 0 Å². The third kappa shape index (κ3) is 3.27. The van der Waals surface area contributed by atoms with Crippen molar-refractivity contribution in [1.82, 2.24) is 4.90 Å². The fourth-order valence-corrected chi connectivity index (χ4v) is 2.91. The van der Waals surface area contributed by atoms with Crippen LogP contribution in [0.1, 0.15) is 53.9 Å². The van der Waals surface area contributed by atoms with E-state index < -0.39 is 0 Å². The van der Waals surface area contributed by atoms with Crippen molar-refractivity contribution < 1.29 is 0 Å². The van der Waals surface area contributed by atoms with Crippen molar-refractivity contribution in [2.75, 3.05) is 20.1 Å². The average molecular weight is 199 g/mol. The fourth-order valence-electron chi connectivity index (χ4n) is 2.91. The number of hydrogen-bond donors (Lipinski definition) is 0. The first-order chi connectivity index (χ1) is 6.70. The van der Waals surface area contributed by atoms with Gasteiger partial charge in [0, 0.05) is 6.54 Å². The smallest absolute Gasteiger partial charge is 0.00356 e. The van der Waals surface area contributed by atoms with E-state index >= 15 is 0 Å². The molecule has 0 aromatic carbocycles. The zero-order valence-electron chi connectivity index (χ0n) is 11.1. The van der Waals surface area contributed by atoms with Gasteiger partial charge in [-0.3, -0.25) is 0 Å². The zero-order valence-corrected chi connectivity index (χ0v) is 11.1. The number of nitrogens with zero attached hydrogens (tertiary/aromatic N) is 1. The largest absolute Gasteiger partial charge is 0.306 e. The van der Waals surface area contributed by atoms with Crippen molar-refractivity contribution in [3.05, 3.63) is 0 Å². The Kier molecular flexibility index (Phi) is 6.43. The molecule has 1 nitrogen and oxygen atoms in total. The SMILES string of the molecule is CC.CC.CC1CC2(CCN(C)C2)C1. The highest BCUT2D eigenvalue weighted by atomic mass is 15.1. The van der Waals surface area contributed by atoms with Crippen LogP contribution in [0.5, 0.6) is 0 Å². The molecule has 0 aromatic heterocycles. The van der Waals surface area contributed by atoms with Crippen LogP contribution in [0.2, 0.25) is 0 Å². The molecule has 0 unspecified atom stereocenters. The van der Waals surface area contributed by atoms with Crippen LogP contribution < -0.4 is 0 Å². The second-order valence-corrected chi connectivity index (χ2v) is 4.50. The predicted octanol–water partition coefficient (Wildman–Crippen LogP) is 3.79. The van der Waals surface area contributed by atoms with Gasteiger partial charge in [0.05, 0.1) is 0 Å². The van der Waals surface area contributed by atoms with E-state index in [2.05, 4.69) is 18.9 Å². The molecular formula is C13H29N. The Morgan fingerprint density at radius 2 is 1.57 bits per heavy atom. The summed E-state index contributed by atoms with van der Waals surface area (Å²) in [5.74, 6) is 1.02. The molecule has 1 aliphatic heterocycles. The molecule has 1 heteroatoms. The molecule has 2 fully saturated rings. The van der Waals surface area contributed by atoms with E-state index in [4.69, 9.17) is 0 Å². The van der Waals surface area contributed by atoms with E-state index in [1.165, 1.54) is 32.4 Å². The maximum Gasteiger partial charge on any atom is 0.00356 e. The molecule has 1 aliphatic carbocycles. The van der Waals surface area contributed by atoms with Crippen molar-refractivity contribution >= 4 is 0 Å². The van der Waals surface area contributed by atoms with Gasteiger partial charge in [-0.25, -0.2) is 0 Å². The summed E-state index contributed by atoms with van der Waals surface area (Å²) in [6.07, 6.45) is 4.46. The van der Waals surface area contributed by atoms with Crippen LogP contribution in [0.15, 0.2) is 0 Å². The number of likely N-dealkylation sites (tertiary alicyclic amines) is 1. The Labute approximate surface area is 90.9 Å². The Bertz CT molecular complexity index is 131. The van der Waals surface area contributed by atoms with E-state index in [9.17, 15) is 0 Å². The summed E-state index contributed by atoms with van der Waals surface area (Å²) in [7, 11) is 2.25. The molecule has 2 aliphatic rings. The Balaban J connectivity index is 0.000000379. The molecule has 1 spiro atoms. The highest BCUT2D eigenvalue weighted by Gasteiger charge is 2.45.